The van der Waals surface area contributed by atoms with Gasteiger partial charge in [0.25, 0.3) is 0 Å². The van der Waals surface area contributed by atoms with Crippen molar-refractivity contribution in [3.8, 4) is 10.6 Å². The molecule has 0 atom stereocenters. The van der Waals surface area contributed by atoms with Crippen LogP contribution >= 0.6 is 54.8 Å². The SMILES string of the molecule is O=C(Cc1csc(-c2cccc(Cl)c2)n1)Nc1ccc(Br)cc1Br. The van der Waals surface area contributed by atoms with Crippen LogP contribution in [0, 0.1) is 0 Å². The van der Waals surface area contributed by atoms with E-state index in [1.54, 1.807) is 0 Å². The minimum atomic E-state index is -0.110. The van der Waals surface area contributed by atoms with Crippen LogP contribution in [0.1, 0.15) is 5.69 Å². The molecule has 0 saturated carbocycles. The zero-order chi connectivity index (χ0) is 17.1. The smallest absolute Gasteiger partial charge is 0.230 e. The number of benzene rings is 2. The van der Waals surface area contributed by atoms with Crippen LogP contribution in [0.5, 0.6) is 0 Å². The number of rotatable bonds is 4. The number of hydrogen-bond acceptors (Lipinski definition) is 3. The number of carbonyl (C=O) groups excluding carboxylic acids is 1. The van der Waals surface area contributed by atoms with Crippen molar-refractivity contribution in [1.29, 1.82) is 0 Å². The molecule has 0 aliphatic rings. The molecular weight excluding hydrogens is 476 g/mol. The normalized spacial score (nSPS) is 10.6. The number of aromatic nitrogens is 1. The van der Waals surface area contributed by atoms with E-state index in [-0.39, 0.29) is 12.3 Å². The molecule has 0 fully saturated rings. The van der Waals surface area contributed by atoms with Gasteiger partial charge in [-0.3, -0.25) is 4.79 Å². The molecule has 0 spiro atoms. The van der Waals surface area contributed by atoms with Crippen LogP contribution in [0.4, 0.5) is 5.69 Å². The van der Waals surface area contributed by atoms with Crippen molar-refractivity contribution in [2.75, 3.05) is 5.32 Å². The van der Waals surface area contributed by atoms with Gasteiger partial charge in [0.2, 0.25) is 5.91 Å². The summed E-state index contributed by atoms with van der Waals surface area (Å²) in [4.78, 5) is 16.7. The Morgan fingerprint density at radius 2 is 2.04 bits per heavy atom. The van der Waals surface area contributed by atoms with Gasteiger partial charge in [-0.15, -0.1) is 11.3 Å². The minimum absolute atomic E-state index is 0.110. The quantitative estimate of drug-likeness (QED) is 0.479. The molecule has 3 nitrogen and oxygen atoms in total. The highest BCUT2D eigenvalue weighted by Gasteiger charge is 2.11. The summed E-state index contributed by atoms with van der Waals surface area (Å²) in [6, 6.07) is 13.1. The number of thiazole rings is 1. The Bertz CT molecular complexity index is 898. The fourth-order valence-corrected chi connectivity index (χ4v) is 4.25. The summed E-state index contributed by atoms with van der Waals surface area (Å²) in [5.74, 6) is -0.110. The maximum absolute atomic E-state index is 12.2. The molecule has 0 saturated heterocycles. The second-order valence-electron chi connectivity index (χ2n) is 5.00. The van der Waals surface area contributed by atoms with E-state index < -0.39 is 0 Å². The zero-order valence-electron chi connectivity index (χ0n) is 12.2. The molecular formula is C17H11Br2ClN2OS. The Morgan fingerprint density at radius 1 is 1.21 bits per heavy atom. The monoisotopic (exact) mass is 484 g/mol. The molecule has 0 bridgehead atoms. The zero-order valence-corrected chi connectivity index (χ0v) is 17.0. The van der Waals surface area contributed by atoms with Crippen molar-refractivity contribution in [3.05, 3.63) is 67.5 Å². The Hall–Kier alpha value is -1.21. The van der Waals surface area contributed by atoms with E-state index in [0.717, 1.165) is 30.9 Å². The Balaban J connectivity index is 1.69. The molecule has 7 heteroatoms. The number of amides is 1. The van der Waals surface area contributed by atoms with E-state index in [1.807, 2.05) is 47.8 Å². The number of hydrogen-bond donors (Lipinski definition) is 1. The van der Waals surface area contributed by atoms with Crippen molar-refractivity contribution in [1.82, 2.24) is 4.98 Å². The Morgan fingerprint density at radius 3 is 2.79 bits per heavy atom. The third-order valence-electron chi connectivity index (χ3n) is 3.17. The standard InChI is InChI=1S/C17H11Br2ClN2OS/c18-11-4-5-15(14(19)7-11)22-16(23)8-13-9-24-17(21-13)10-2-1-3-12(20)6-10/h1-7,9H,8H2,(H,22,23). The average Bonchev–Trinajstić information content (AvgIpc) is 2.98. The second-order valence-corrected chi connectivity index (χ2v) is 8.07. The van der Waals surface area contributed by atoms with Gasteiger partial charge in [0.05, 0.1) is 17.8 Å². The summed E-state index contributed by atoms with van der Waals surface area (Å²) in [6.07, 6.45) is 0.222. The van der Waals surface area contributed by atoms with Crippen LogP contribution in [-0.2, 0) is 11.2 Å². The fourth-order valence-electron chi connectivity index (χ4n) is 2.09. The highest BCUT2D eigenvalue weighted by molar-refractivity contribution is 9.11. The molecule has 1 amide bonds. The molecule has 0 aliphatic carbocycles. The minimum Gasteiger partial charge on any atom is -0.325 e. The van der Waals surface area contributed by atoms with Crippen LogP contribution in [0.2, 0.25) is 5.02 Å². The van der Waals surface area contributed by atoms with E-state index >= 15 is 0 Å². The third kappa shape index (κ3) is 4.45. The average molecular weight is 487 g/mol. The first kappa shape index (κ1) is 17.6. The largest absolute Gasteiger partial charge is 0.325 e. The molecule has 122 valence electrons. The Kier molecular flexibility index (Phi) is 5.71. The molecule has 0 aliphatic heterocycles. The van der Waals surface area contributed by atoms with Crippen LogP contribution in [0.25, 0.3) is 10.6 Å². The molecule has 1 aromatic heterocycles. The van der Waals surface area contributed by atoms with Gasteiger partial charge in [0.1, 0.15) is 5.01 Å². The van der Waals surface area contributed by atoms with Gasteiger partial charge in [0.15, 0.2) is 0 Å². The van der Waals surface area contributed by atoms with E-state index in [4.69, 9.17) is 11.6 Å². The van der Waals surface area contributed by atoms with Crippen molar-refractivity contribution < 1.29 is 4.79 Å². The second kappa shape index (κ2) is 7.78. The number of halogens is 3. The molecule has 2 aromatic carbocycles. The van der Waals surface area contributed by atoms with Crippen LogP contribution in [-0.4, -0.2) is 10.9 Å². The number of nitrogens with zero attached hydrogens (tertiary/aromatic N) is 1. The summed E-state index contributed by atoms with van der Waals surface area (Å²) in [5, 5.41) is 6.30. The van der Waals surface area contributed by atoms with Gasteiger partial charge in [-0.25, -0.2) is 4.98 Å². The lowest BCUT2D eigenvalue weighted by atomic mass is 10.2. The number of nitrogens with one attached hydrogen (secondary N) is 1. The van der Waals surface area contributed by atoms with Gasteiger partial charge in [-0.2, -0.15) is 0 Å². The van der Waals surface area contributed by atoms with Crippen molar-refractivity contribution in [2.45, 2.75) is 6.42 Å². The molecule has 3 rings (SSSR count). The fraction of sp³-hybridized carbons (Fsp3) is 0.0588. The van der Waals surface area contributed by atoms with Crippen molar-refractivity contribution in [3.63, 3.8) is 0 Å². The predicted molar refractivity (Wildman–Crippen MR) is 107 cm³/mol. The summed E-state index contributed by atoms with van der Waals surface area (Å²) in [7, 11) is 0. The van der Waals surface area contributed by atoms with Crippen LogP contribution in [0.15, 0.2) is 56.8 Å². The lowest BCUT2D eigenvalue weighted by molar-refractivity contribution is -0.115. The molecule has 0 unspecified atom stereocenters. The Labute approximate surface area is 165 Å². The highest BCUT2D eigenvalue weighted by Crippen LogP contribution is 2.28. The number of carbonyl (C=O) groups is 1. The highest BCUT2D eigenvalue weighted by atomic mass is 79.9. The molecule has 1 heterocycles. The lowest BCUT2D eigenvalue weighted by Gasteiger charge is -2.06. The van der Waals surface area contributed by atoms with Gasteiger partial charge >= 0.3 is 0 Å². The predicted octanol–water partition coefficient (Wildman–Crippen LogP) is 6.17. The molecule has 1 N–H and O–H groups in total. The first-order valence-corrected chi connectivity index (χ1v) is 9.81. The summed E-state index contributed by atoms with van der Waals surface area (Å²) in [5.41, 5.74) is 2.42. The van der Waals surface area contributed by atoms with E-state index in [2.05, 4.69) is 42.2 Å². The molecule has 24 heavy (non-hydrogen) atoms. The van der Waals surface area contributed by atoms with Crippen LogP contribution in [0.3, 0.4) is 0 Å². The first-order valence-electron chi connectivity index (χ1n) is 6.96. The van der Waals surface area contributed by atoms with Gasteiger partial charge < -0.3 is 5.32 Å². The maximum atomic E-state index is 12.2. The van der Waals surface area contributed by atoms with Crippen molar-refractivity contribution in [2.24, 2.45) is 0 Å². The third-order valence-corrected chi connectivity index (χ3v) is 5.49. The number of anilines is 1. The van der Waals surface area contributed by atoms with Gasteiger partial charge in [-0.05, 0) is 46.3 Å². The van der Waals surface area contributed by atoms with E-state index in [9.17, 15) is 4.79 Å². The first-order chi connectivity index (χ1) is 11.5. The topological polar surface area (TPSA) is 42.0 Å². The van der Waals surface area contributed by atoms with E-state index in [1.165, 1.54) is 11.3 Å². The molecule has 0 radical (unpaired) electrons. The van der Waals surface area contributed by atoms with Gasteiger partial charge in [0, 0.05) is 24.9 Å². The lowest BCUT2D eigenvalue weighted by Crippen LogP contribution is -2.14. The summed E-state index contributed by atoms with van der Waals surface area (Å²) < 4.78 is 1.76. The van der Waals surface area contributed by atoms with Gasteiger partial charge in [-0.1, -0.05) is 39.7 Å². The van der Waals surface area contributed by atoms with Crippen molar-refractivity contribution >= 4 is 66.4 Å². The summed E-state index contributed by atoms with van der Waals surface area (Å²) in [6.45, 7) is 0. The van der Waals surface area contributed by atoms with Crippen LogP contribution < -0.4 is 5.32 Å². The maximum Gasteiger partial charge on any atom is 0.230 e. The van der Waals surface area contributed by atoms with E-state index in [0.29, 0.717) is 5.02 Å². The molecule has 3 aromatic rings. The summed E-state index contributed by atoms with van der Waals surface area (Å²) >= 11 is 14.3.